The van der Waals surface area contributed by atoms with Crippen LogP contribution in [0.4, 0.5) is 4.79 Å². The monoisotopic (exact) mass is 238 g/mol. The number of likely N-dealkylation sites (tertiary alicyclic amines) is 1. The molecule has 98 valence electrons. The summed E-state index contributed by atoms with van der Waals surface area (Å²) in [6.07, 6.45) is 8.64. The molecule has 2 fully saturated rings. The molecule has 1 heterocycles. The Hall–Kier alpha value is -0.730. The summed E-state index contributed by atoms with van der Waals surface area (Å²) in [6.45, 7) is 5.19. The topological polar surface area (TPSA) is 32.3 Å². The molecule has 1 N–H and O–H groups in total. The predicted molar refractivity (Wildman–Crippen MR) is 70.0 cm³/mol. The van der Waals surface area contributed by atoms with Gasteiger partial charge in [-0.2, -0.15) is 0 Å². The van der Waals surface area contributed by atoms with Gasteiger partial charge in [0, 0.05) is 18.6 Å². The first kappa shape index (κ1) is 12.7. The number of unbranched alkanes of at least 4 members (excludes halogenated alkanes) is 1. The largest absolute Gasteiger partial charge is 0.338 e. The van der Waals surface area contributed by atoms with Crippen LogP contribution in [-0.4, -0.2) is 29.6 Å². The van der Waals surface area contributed by atoms with E-state index in [1.54, 1.807) is 0 Å². The van der Waals surface area contributed by atoms with Gasteiger partial charge in [-0.1, -0.05) is 26.2 Å². The normalized spacial score (nSPS) is 32.4. The van der Waals surface area contributed by atoms with E-state index in [1.165, 1.54) is 32.1 Å². The van der Waals surface area contributed by atoms with Gasteiger partial charge < -0.3 is 10.2 Å². The Morgan fingerprint density at radius 3 is 2.88 bits per heavy atom. The highest BCUT2D eigenvalue weighted by Gasteiger charge is 2.42. The smallest absolute Gasteiger partial charge is 0.317 e. The number of nitrogens with one attached hydrogen (secondary N) is 1. The third-order valence-corrected chi connectivity index (χ3v) is 4.39. The molecule has 2 amide bonds. The highest BCUT2D eigenvalue weighted by atomic mass is 16.2. The predicted octanol–water partition coefficient (Wildman–Crippen LogP) is 3.15. The highest BCUT2D eigenvalue weighted by molar-refractivity contribution is 5.75. The van der Waals surface area contributed by atoms with Gasteiger partial charge in [-0.15, -0.1) is 0 Å². The van der Waals surface area contributed by atoms with Gasteiger partial charge in [0.2, 0.25) is 0 Å². The molecule has 1 aliphatic heterocycles. The van der Waals surface area contributed by atoms with Crippen LogP contribution >= 0.6 is 0 Å². The minimum absolute atomic E-state index is 0.181. The number of fused-ring (bicyclic) bond motifs is 1. The first-order chi connectivity index (χ1) is 8.24. The van der Waals surface area contributed by atoms with Gasteiger partial charge in [0.25, 0.3) is 0 Å². The van der Waals surface area contributed by atoms with E-state index in [9.17, 15) is 4.79 Å². The van der Waals surface area contributed by atoms with Gasteiger partial charge in [-0.3, -0.25) is 0 Å². The van der Waals surface area contributed by atoms with Crippen molar-refractivity contribution >= 4 is 6.03 Å². The van der Waals surface area contributed by atoms with Crippen LogP contribution in [0.15, 0.2) is 0 Å². The van der Waals surface area contributed by atoms with E-state index in [4.69, 9.17) is 0 Å². The molecular formula is C14H26N2O. The molecular weight excluding hydrogens is 212 g/mol. The average Bonchev–Trinajstić information content (AvgIpc) is 2.65. The van der Waals surface area contributed by atoms with Crippen LogP contribution in [0.1, 0.15) is 58.8 Å². The van der Waals surface area contributed by atoms with Crippen LogP contribution in [0.3, 0.4) is 0 Å². The average molecular weight is 238 g/mol. The summed E-state index contributed by atoms with van der Waals surface area (Å²) in [5.74, 6) is 0.774. The van der Waals surface area contributed by atoms with Crippen molar-refractivity contribution in [3.05, 3.63) is 0 Å². The number of rotatable bonds is 3. The molecule has 1 aliphatic carbocycles. The number of urea groups is 1. The van der Waals surface area contributed by atoms with Crippen molar-refractivity contribution in [1.29, 1.82) is 0 Å². The number of hydrogen-bond donors (Lipinski definition) is 1. The molecule has 2 rings (SSSR count). The van der Waals surface area contributed by atoms with Crippen LogP contribution in [0.2, 0.25) is 0 Å². The molecule has 0 radical (unpaired) electrons. The zero-order valence-electron chi connectivity index (χ0n) is 11.2. The molecule has 0 spiro atoms. The lowest BCUT2D eigenvalue weighted by atomic mass is 9.85. The van der Waals surface area contributed by atoms with Crippen LogP contribution in [0, 0.1) is 5.92 Å². The molecule has 2 aliphatic rings. The standard InChI is InChI=1S/C14H26N2O/c1-3-4-9-15-14(17)16-11(2)10-12-7-5-6-8-13(12)16/h11-13H,3-10H2,1-2H3,(H,15,17)/t11-,12+,13+/m1/s1. The molecule has 0 bridgehead atoms. The fourth-order valence-corrected chi connectivity index (χ4v) is 3.52. The maximum atomic E-state index is 12.2. The third-order valence-electron chi connectivity index (χ3n) is 4.39. The second-order valence-electron chi connectivity index (χ2n) is 5.69. The zero-order valence-corrected chi connectivity index (χ0v) is 11.2. The number of amides is 2. The summed E-state index contributed by atoms with van der Waals surface area (Å²) in [7, 11) is 0. The Labute approximate surface area is 105 Å². The molecule has 17 heavy (non-hydrogen) atoms. The minimum atomic E-state index is 0.181. The van der Waals surface area contributed by atoms with Crippen LogP contribution in [0.25, 0.3) is 0 Å². The quantitative estimate of drug-likeness (QED) is 0.753. The van der Waals surface area contributed by atoms with Crippen molar-refractivity contribution < 1.29 is 4.79 Å². The summed E-state index contributed by atoms with van der Waals surface area (Å²) >= 11 is 0. The van der Waals surface area contributed by atoms with Crippen molar-refractivity contribution in [3.63, 3.8) is 0 Å². The van der Waals surface area contributed by atoms with E-state index in [-0.39, 0.29) is 6.03 Å². The van der Waals surface area contributed by atoms with Crippen molar-refractivity contribution in [2.45, 2.75) is 70.9 Å². The molecule has 1 saturated carbocycles. The molecule has 3 atom stereocenters. The first-order valence-corrected chi connectivity index (χ1v) is 7.30. The zero-order chi connectivity index (χ0) is 12.3. The summed E-state index contributed by atoms with van der Waals surface area (Å²) in [5, 5.41) is 3.08. The maximum absolute atomic E-state index is 12.2. The summed E-state index contributed by atoms with van der Waals surface area (Å²) in [5.41, 5.74) is 0. The van der Waals surface area contributed by atoms with Crippen molar-refractivity contribution in [2.75, 3.05) is 6.54 Å². The SMILES string of the molecule is CCCCNC(=O)N1[C@H](C)C[C@@H]2CCCC[C@@H]21. The maximum Gasteiger partial charge on any atom is 0.317 e. The van der Waals surface area contributed by atoms with Crippen molar-refractivity contribution in [1.82, 2.24) is 10.2 Å². The lowest BCUT2D eigenvalue weighted by Gasteiger charge is -2.33. The molecule has 1 saturated heterocycles. The van der Waals surface area contributed by atoms with E-state index in [0.29, 0.717) is 12.1 Å². The minimum Gasteiger partial charge on any atom is -0.338 e. The third kappa shape index (κ3) is 2.75. The van der Waals surface area contributed by atoms with Crippen LogP contribution in [0.5, 0.6) is 0 Å². The second kappa shape index (κ2) is 5.74. The van der Waals surface area contributed by atoms with Gasteiger partial charge >= 0.3 is 6.03 Å². The van der Waals surface area contributed by atoms with Gasteiger partial charge in [0.1, 0.15) is 0 Å². The van der Waals surface area contributed by atoms with E-state index < -0.39 is 0 Å². The molecule has 0 unspecified atom stereocenters. The fraction of sp³-hybridized carbons (Fsp3) is 0.929. The summed E-state index contributed by atoms with van der Waals surface area (Å²) in [4.78, 5) is 14.3. The highest BCUT2D eigenvalue weighted by Crippen LogP contribution is 2.39. The number of carbonyl (C=O) groups is 1. The van der Waals surface area contributed by atoms with Crippen LogP contribution < -0.4 is 5.32 Å². The van der Waals surface area contributed by atoms with Crippen molar-refractivity contribution in [2.24, 2.45) is 5.92 Å². The van der Waals surface area contributed by atoms with Crippen LogP contribution in [-0.2, 0) is 0 Å². The summed E-state index contributed by atoms with van der Waals surface area (Å²) in [6, 6.07) is 1.14. The Morgan fingerprint density at radius 1 is 1.35 bits per heavy atom. The Bertz CT molecular complexity index is 267. The lowest BCUT2D eigenvalue weighted by Crippen LogP contribution is -2.47. The molecule has 0 aromatic heterocycles. The van der Waals surface area contributed by atoms with E-state index in [2.05, 4.69) is 24.1 Å². The number of nitrogens with zero attached hydrogens (tertiary/aromatic N) is 1. The molecule has 3 nitrogen and oxygen atoms in total. The first-order valence-electron chi connectivity index (χ1n) is 7.30. The number of hydrogen-bond acceptors (Lipinski definition) is 1. The fourth-order valence-electron chi connectivity index (χ4n) is 3.52. The van der Waals surface area contributed by atoms with Gasteiger partial charge in [-0.05, 0) is 38.5 Å². The lowest BCUT2D eigenvalue weighted by molar-refractivity contribution is 0.156. The Kier molecular flexibility index (Phi) is 4.30. The van der Waals surface area contributed by atoms with E-state index in [0.717, 1.165) is 25.3 Å². The van der Waals surface area contributed by atoms with Gasteiger partial charge in [-0.25, -0.2) is 4.79 Å². The Morgan fingerprint density at radius 2 is 2.12 bits per heavy atom. The number of carbonyl (C=O) groups excluding carboxylic acids is 1. The van der Waals surface area contributed by atoms with Gasteiger partial charge in [0.05, 0.1) is 0 Å². The molecule has 0 aromatic rings. The molecule has 3 heteroatoms. The second-order valence-corrected chi connectivity index (χ2v) is 5.69. The van der Waals surface area contributed by atoms with Crippen molar-refractivity contribution in [3.8, 4) is 0 Å². The van der Waals surface area contributed by atoms with Gasteiger partial charge in [0.15, 0.2) is 0 Å². The Balaban J connectivity index is 1.91. The molecule has 0 aromatic carbocycles. The van der Waals surface area contributed by atoms with E-state index in [1.807, 2.05) is 0 Å². The van der Waals surface area contributed by atoms with E-state index >= 15 is 0 Å². The summed E-state index contributed by atoms with van der Waals surface area (Å²) < 4.78 is 0.